The summed E-state index contributed by atoms with van der Waals surface area (Å²) in [6.07, 6.45) is 3.59. The zero-order chi connectivity index (χ0) is 17.3. The summed E-state index contributed by atoms with van der Waals surface area (Å²) < 4.78 is 1.57. The van der Waals surface area contributed by atoms with Crippen molar-refractivity contribution in [2.45, 2.75) is 44.9 Å². The van der Waals surface area contributed by atoms with Crippen molar-refractivity contribution in [1.82, 2.24) is 24.9 Å². The number of thiazole rings is 1. The molecule has 130 valence electrons. The fraction of sp³-hybridized carbons (Fsp3) is 0.625. The first kappa shape index (κ1) is 16.9. The van der Waals surface area contributed by atoms with Crippen LogP contribution in [0.5, 0.6) is 0 Å². The second-order valence-electron chi connectivity index (χ2n) is 7.29. The number of amides is 2. The Morgan fingerprint density at radius 2 is 2.04 bits per heavy atom. The lowest BCUT2D eigenvalue weighted by atomic mass is 9.93. The van der Waals surface area contributed by atoms with Crippen molar-refractivity contribution in [3.05, 3.63) is 22.3 Å². The maximum absolute atomic E-state index is 12.3. The minimum atomic E-state index is -0.108. The van der Waals surface area contributed by atoms with E-state index in [4.69, 9.17) is 4.98 Å². The van der Waals surface area contributed by atoms with Crippen LogP contribution in [-0.4, -0.2) is 44.0 Å². The van der Waals surface area contributed by atoms with E-state index in [2.05, 4.69) is 41.8 Å². The number of urea groups is 1. The van der Waals surface area contributed by atoms with Crippen LogP contribution in [0.4, 0.5) is 10.6 Å². The van der Waals surface area contributed by atoms with E-state index in [0.717, 1.165) is 31.6 Å². The van der Waals surface area contributed by atoms with E-state index in [-0.39, 0.29) is 11.4 Å². The minimum Gasteiger partial charge on any atom is -0.324 e. The predicted molar refractivity (Wildman–Crippen MR) is 94.4 cm³/mol. The highest BCUT2D eigenvalue weighted by molar-refractivity contribution is 7.09. The Morgan fingerprint density at radius 1 is 1.33 bits per heavy atom. The Morgan fingerprint density at radius 3 is 2.58 bits per heavy atom. The van der Waals surface area contributed by atoms with E-state index in [9.17, 15) is 4.79 Å². The van der Waals surface area contributed by atoms with E-state index < -0.39 is 0 Å². The number of likely N-dealkylation sites (tertiary alicyclic amines) is 1. The number of hydrogen-bond donors (Lipinski definition) is 1. The summed E-state index contributed by atoms with van der Waals surface area (Å²) in [5, 5.41) is 13.9. The average Bonchev–Trinajstić information content (AvgIpc) is 3.16. The van der Waals surface area contributed by atoms with Crippen LogP contribution in [0.25, 0.3) is 0 Å². The van der Waals surface area contributed by atoms with Crippen molar-refractivity contribution >= 4 is 23.2 Å². The van der Waals surface area contributed by atoms with Crippen LogP contribution < -0.4 is 5.32 Å². The number of carbonyl (C=O) groups is 1. The largest absolute Gasteiger partial charge is 0.324 e. The summed E-state index contributed by atoms with van der Waals surface area (Å²) in [6.45, 7) is 8.03. The average molecular weight is 348 g/mol. The minimum absolute atomic E-state index is 0.0893. The SMILES string of the molecule is Cn1cc(NC(=O)N2CCC(c3nc(C(C)(C)C)cs3)CC2)nn1. The number of anilines is 1. The standard InChI is InChI=1S/C16H24N6OS/c1-16(2,3)12-10-24-14(17-12)11-5-7-22(8-6-11)15(23)18-13-9-21(4)20-19-13/h9-11H,5-8H2,1-4H3,(H,18,23). The number of nitrogens with one attached hydrogen (secondary N) is 1. The maximum atomic E-state index is 12.3. The number of aromatic nitrogens is 4. The lowest BCUT2D eigenvalue weighted by Crippen LogP contribution is -2.40. The number of aryl methyl sites for hydroxylation is 1. The van der Waals surface area contributed by atoms with Crippen LogP contribution in [-0.2, 0) is 12.5 Å². The first-order valence-electron chi connectivity index (χ1n) is 8.21. The molecular formula is C16H24N6OS. The Bertz CT molecular complexity index is 708. The lowest BCUT2D eigenvalue weighted by Gasteiger charge is -2.30. The molecule has 1 N–H and O–H groups in total. The van der Waals surface area contributed by atoms with E-state index in [1.165, 1.54) is 5.01 Å². The molecule has 1 saturated heterocycles. The van der Waals surface area contributed by atoms with Gasteiger partial charge < -0.3 is 4.90 Å². The molecule has 1 fully saturated rings. The Labute approximate surface area is 146 Å². The summed E-state index contributed by atoms with van der Waals surface area (Å²) in [7, 11) is 1.77. The normalized spacial score (nSPS) is 16.4. The van der Waals surface area contributed by atoms with Gasteiger partial charge >= 0.3 is 6.03 Å². The first-order chi connectivity index (χ1) is 11.3. The van der Waals surface area contributed by atoms with Crippen LogP contribution in [0, 0.1) is 0 Å². The van der Waals surface area contributed by atoms with Gasteiger partial charge in [0.15, 0.2) is 5.82 Å². The van der Waals surface area contributed by atoms with E-state index in [0.29, 0.717) is 11.7 Å². The molecule has 1 aliphatic heterocycles. The third-order valence-electron chi connectivity index (χ3n) is 4.26. The molecule has 2 amide bonds. The molecule has 0 aliphatic carbocycles. The number of rotatable bonds is 2. The van der Waals surface area contributed by atoms with Gasteiger partial charge in [-0.3, -0.25) is 10.00 Å². The van der Waals surface area contributed by atoms with Gasteiger partial charge in [-0.15, -0.1) is 16.4 Å². The highest BCUT2D eigenvalue weighted by Crippen LogP contribution is 2.33. The molecule has 0 radical (unpaired) electrons. The summed E-state index contributed by atoms with van der Waals surface area (Å²) in [5.74, 6) is 0.936. The molecular weight excluding hydrogens is 324 g/mol. The first-order valence-corrected chi connectivity index (χ1v) is 9.09. The van der Waals surface area contributed by atoms with E-state index in [1.807, 2.05) is 4.90 Å². The molecule has 0 aromatic carbocycles. The van der Waals surface area contributed by atoms with E-state index >= 15 is 0 Å². The topological polar surface area (TPSA) is 75.9 Å². The van der Waals surface area contributed by atoms with Crippen molar-refractivity contribution in [2.75, 3.05) is 18.4 Å². The molecule has 0 bridgehead atoms. The van der Waals surface area contributed by atoms with Crippen LogP contribution >= 0.6 is 11.3 Å². The molecule has 0 unspecified atom stereocenters. The van der Waals surface area contributed by atoms with Gasteiger partial charge in [-0.2, -0.15) is 0 Å². The molecule has 0 spiro atoms. The number of piperidine rings is 1. The van der Waals surface area contributed by atoms with Gasteiger partial charge in [-0.05, 0) is 12.8 Å². The summed E-state index contributed by atoms with van der Waals surface area (Å²) in [4.78, 5) is 18.9. The summed E-state index contributed by atoms with van der Waals surface area (Å²) >= 11 is 1.75. The van der Waals surface area contributed by atoms with Crippen molar-refractivity contribution < 1.29 is 4.79 Å². The van der Waals surface area contributed by atoms with E-state index in [1.54, 1.807) is 29.3 Å². The quantitative estimate of drug-likeness (QED) is 0.905. The molecule has 2 aromatic rings. The molecule has 24 heavy (non-hydrogen) atoms. The van der Waals surface area contributed by atoms with Crippen LogP contribution in [0.15, 0.2) is 11.6 Å². The van der Waals surface area contributed by atoms with Gasteiger partial charge in [-0.25, -0.2) is 9.78 Å². The highest BCUT2D eigenvalue weighted by atomic mass is 32.1. The molecule has 0 atom stereocenters. The van der Waals surface area contributed by atoms with Crippen molar-refractivity contribution in [3.63, 3.8) is 0 Å². The molecule has 7 nitrogen and oxygen atoms in total. The van der Waals surface area contributed by atoms with Gasteiger partial charge in [0.05, 0.1) is 16.9 Å². The lowest BCUT2D eigenvalue weighted by molar-refractivity contribution is 0.194. The van der Waals surface area contributed by atoms with Gasteiger partial charge in [-0.1, -0.05) is 26.0 Å². The van der Waals surface area contributed by atoms with Crippen LogP contribution in [0.2, 0.25) is 0 Å². The third-order valence-corrected chi connectivity index (χ3v) is 5.27. The number of nitrogens with zero attached hydrogens (tertiary/aromatic N) is 5. The molecule has 2 aromatic heterocycles. The fourth-order valence-electron chi connectivity index (χ4n) is 2.74. The summed E-state index contributed by atoms with van der Waals surface area (Å²) in [5.41, 5.74) is 1.25. The second kappa shape index (κ2) is 6.51. The second-order valence-corrected chi connectivity index (χ2v) is 8.18. The zero-order valence-corrected chi connectivity index (χ0v) is 15.4. The molecule has 3 rings (SSSR count). The zero-order valence-electron chi connectivity index (χ0n) is 14.6. The Balaban J connectivity index is 1.55. The number of hydrogen-bond acceptors (Lipinski definition) is 5. The Hall–Kier alpha value is -1.96. The third kappa shape index (κ3) is 3.75. The highest BCUT2D eigenvalue weighted by Gasteiger charge is 2.27. The molecule has 8 heteroatoms. The smallest absolute Gasteiger partial charge is 0.323 e. The van der Waals surface area contributed by atoms with Gasteiger partial charge in [0.25, 0.3) is 0 Å². The van der Waals surface area contributed by atoms with Crippen molar-refractivity contribution in [3.8, 4) is 0 Å². The van der Waals surface area contributed by atoms with Gasteiger partial charge in [0.1, 0.15) is 0 Å². The molecule has 0 saturated carbocycles. The predicted octanol–water partition coefficient (Wildman–Crippen LogP) is 2.98. The van der Waals surface area contributed by atoms with Gasteiger partial charge in [0.2, 0.25) is 0 Å². The maximum Gasteiger partial charge on any atom is 0.323 e. The van der Waals surface area contributed by atoms with Crippen molar-refractivity contribution in [2.24, 2.45) is 7.05 Å². The van der Waals surface area contributed by atoms with Crippen LogP contribution in [0.1, 0.15) is 50.2 Å². The molecule has 3 heterocycles. The summed E-state index contributed by atoms with van der Waals surface area (Å²) in [6, 6.07) is -0.108. The monoisotopic (exact) mass is 348 g/mol. The number of carbonyl (C=O) groups excluding carboxylic acids is 1. The van der Waals surface area contributed by atoms with Crippen molar-refractivity contribution in [1.29, 1.82) is 0 Å². The Kier molecular flexibility index (Phi) is 4.58. The van der Waals surface area contributed by atoms with Gasteiger partial charge in [0, 0.05) is 36.9 Å². The fourth-order valence-corrected chi connectivity index (χ4v) is 3.96. The van der Waals surface area contributed by atoms with Crippen LogP contribution in [0.3, 0.4) is 0 Å². The molecule has 1 aliphatic rings.